The van der Waals surface area contributed by atoms with Gasteiger partial charge in [-0.3, -0.25) is 9.80 Å². The highest BCUT2D eigenvalue weighted by molar-refractivity contribution is 9.10. The number of halogens is 7. The number of alkyl halides is 6. The van der Waals surface area contributed by atoms with Crippen LogP contribution in [0.1, 0.15) is 45.6 Å². The molecule has 2 atom stereocenters. The Morgan fingerprint density at radius 3 is 1.40 bits per heavy atom. The highest BCUT2D eigenvalue weighted by atomic mass is 79.9. The fourth-order valence-corrected chi connectivity index (χ4v) is 7.55. The van der Waals surface area contributed by atoms with Crippen molar-refractivity contribution in [2.45, 2.75) is 37.7 Å². The minimum atomic E-state index is -4.56. The van der Waals surface area contributed by atoms with Crippen LogP contribution in [0.25, 0.3) is 11.1 Å². The van der Waals surface area contributed by atoms with Gasteiger partial charge in [0.2, 0.25) is 0 Å². The third-order valence-corrected chi connectivity index (χ3v) is 10.9. The van der Waals surface area contributed by atoms with Gasteiger partial charge in [0, 0.05) is 43.7 Å². The van der Waals surface area contributed by atoms with E-state index in [9.17, 15) is 26.3 Å². The normalized spacial score (nSPS) is 17.2. The van der Waals surface area contributed by atoms with E-state index in [4.69, 9.17) is 19.5 Å². The van der Waals surface area contributed by atoms with Gasteiger partial charge in [-0.05, 0) is 57.0 Å². The van der Waals surface area contributed by atoms with Crippen LogP contribution in [-0.2, 0) is 34.9 Å². The van der Waals surface area contributed by atoms with Gasteiger partial charge in [-0.2, -0.15) is 26.3 Å². The minimum absolute atomic E-state index is 0.0443. The second-order valence-electron chi connectivity index (χ2n) is 14.8. The molecular formula is C48H46BBrF6N2O4. The van der Waals surface area contributed by atoms with Gasteiger partial charge in [0.25, 0.3) is 0 Å². The SMILES string of the molecule is Brc1ccc(CN2CCOC(c3ccccc3)C2)cc1.FC(F)(F)c1ccccc1-c1ccc(CN2CCOC(c3ccccc3)C2)cc1.OB(O)c1ccccc1C(F)(F)F. The number of benzene rings is 6. The second kappa shape index (κ2) is 22.0. The first-order chi connectivity index (χ1) is 29.7. The summed E-state index contributed by atoms with van der Waals surface area (Å²) in [5.41, 5.74) is 3.48. The van der Waals surface area contributed by atoms with Gasteiger partial charge < -0.3 is 19.5 Å². The molecule has 2 heterocycles. The summed E-state index contributed by atoms with van der Waals surface area (Å²) in [6.07, 6.45) is -8.68. The maximum atomic E-state index is 13.3. The number of hydrogen-bond acceptors (Lipinski definition) is 6. The molecule has 62 heavy (non-hydrogen) atoms. The Kier molecular flexibility index (Phi) is 16.6. The Bertz CT molecular complexity index is 2270. The smallest absolute Gasteiger partial charge is 0.423 e. The Morgan fingerprint density at radius 1 is 0.532 bits per heavy atom. The fraction of sp³-hybridized carbons (Fsp3) is 0.250. The van der Waals surface area contributed by atoms with Crippen molar-refractivity contribution in [3.63, 3.8) is 0 Å². The molecule has 2 unspecified atom stereocenters. The molecule has 0 aliphatic carbocycles. The molecule has 0 aromatic heterocycles. The quantitative estimate of drug-likeness (QED) is 0.117. The van der Waals surface area contributed by atoms with Gasteiger partial charge in [0.15, 0.2) is 0 Å². The van der Waals surface area contributed by atoms with Crippen LogP contribution in [0.2, 0.25) is 0 Å². The zero-order valence-corrected chi connectivity index (χ0v) is 35.2. The van der Waals surface area contributed by atoms with Crippen molar-refractivity contribution in [1.29, 1.82) is 0 Å². The van der Waals surface area contributed by atoms with Crippen LogP contribution in [0.5, 0.6) is 0 Å². The molecule has 2 N–H and O–H groups in total. The number of morpholine rings is 2. The predicted molar refractivity (Wildman–Crippen MR) is 233 cm³/mol. The van der Waals surface area contributed by atoms with Gasteiger partial charge in [-0.15, -0.1) is 0 Å². The van der Waals surface area contributed by atoms with Crippen LogP contribution in [0.15, 0.2) is 162 Å². The van der Waals surface area contributed by atoms with E-state index < -0.39 is 36.1 Å². The zero-order valence-electron chi connectivity index (χ0n) is 33.7. The first kappa shape index (κ1) is 46.7. The van der Waals surface area contributed by atoms with Crippen molar-refractivity contribution >= 4 is 28.5 Å². The molecule has 2 fully saturated rings. The fourth-order valence-electron chi connectivity index (χ4n) is 7.29. The number of nitrogens with zero attached hydrogens (tertiary/aromatic N) is 2. The van der Waals surface area contributed by atoms with Crippen LogP contribution >= 0.6 is 15.9 Å². The molecule has 6 aromatic carbocycles. The molecule has 0 saturated carbocycles. The van der Waals surface area contributed by atoms with E-state index in [-0.39, 0.29) is 17.8 Å². The first-order valence-electron chi connectivity index (χ1n) is 20.0. The Labute approximate surface area is 366 Å². The highest BCUT2D eigenvalue weighted by Gasteiger charge is 2.36. The highest BCUT2D eigenvalue weighted by Crippen LogP contribution is 2.37. The molecular weight excluding hydrogens is 873 g/mol. The van der Waals surface area contributed by atoms with Crippen molar-refractivity contribution in [3.05, 3.63) is 196 Å². The largest absolute Gasteiger partial charge is 0.489 e. The van der Waals surface area contributed by atoms with Gasteiger partial charge in [-0.25, -0.2) is 0 Å². The Hall–Kier alpha value is -4.80. The lowest BCUT2D eigenvalue weighted by atomic mass is 9.77. The molecule has 6 aromatic rings. The zero-order chi connectivity index (χ0) is 44.1. The van der Waals surface area contributed by atoms with Crippen LogP contribution in [-0.4, -0.2) is 66.4 Å². The van der Waals surface area contributed by atoms with Crippen molar-refractivity contribution in [3.8, 4) is 11.1 Å². The predicted octanol–water partition coefficient (Wildman–Crippen LogP) is 10.4. The summed E-state index contributed by atoms with van der Waals surface area (Å²) >= 11 is 3.48. The maximum Gasteiger partial charge on any atom is 0.489 e. The average Bonchev–Trinajstić information content (AvgIpc) is 3.28. The first-order valence-corrected chi connectivity index (χ1v) is 20.8. The summed E-state index contributed by atoms with van der Waals surface area (Å²) in [5, 5.41) is 17.2. The van der Waals surface area contributed by atoms with Crippen LogP contribution in [0.4, 0.5) is 26.3 Å². The van der Waals surface area contributed by atoms with Gasteiger partial charge in [-0.1, -0.05) is 155 Å². The molecule has 2 aliphatic heterocycles. The molecule has 6 nitrogen and oxygen atoms in total. The van der Waals surface area contributed by atoms with Crippen molar-refractivity contribution < 1.29 is 45.9 Å². The standard InChI is InChI=1S/C24H22F3NO.C17H18BrNO.C7H6BF3O2/c25-24(26,27)22-9-5-4-8-21(22)19-12-10-18(11-13-19)16-28-14-15-29-23(17-28)20-6-2-1-3-7-20;18-16-8-6-14(7-9-16)12-19-10-11-20-17(13-19)15-4-2-1-3-5-15;9-7(10,11)5-3-1-2-4-6(5)8(12)13/h1-13,23H,14-17H2;1-9,17H,10-13H2;1-4,12-13H. The monoisotopic (exact) mass is 918 g/mol. The summed E-state index contributed by atoms with van der Waals surface area (Å²) in [7, 11) is -2.10. The molecule has 14 heteroatoms. The molecule has 0 radical (unpaired) electrons. The lowest BCUT2D eigenvalue weighted by Crippen LogP contribution is -2.37. The van der Waals surface area contributed by atoms with E-state index in [1.807, 2.05) is 36.4 Å². The van der Waals surface area contributed by atoms with E-state index in [0.29, 0.717) is 12.2 Å². The molecule has 0 bridgehead atoms. The van der Waals surface area contributed by atoms with Crippen LogP contribution < -0.4 is 5.46 Å². The summed E-state index contributed by atoms with van der Waals surface area (Å²) in [6.45, 7) is 6.78. The average molecular weight is 920 g/mol. The summed E-state index contributed by atoms with van der Waals surface area (Å²) in [6, 6.07) is 46.6. The van der Waals surface area contributed by atoms with Crippen LogP contribution in [0.3, 0.4) is 0 Å². The third-order valence-electron chi connectivity index (χ3n) is 10.4. The number of rotatable bonds is 8. The van der Waals surface area contributed by atoms with Crippen LogP contribution in [0, 0.1) is 0 Å². The summed E-state index contributed by atoms with van der Waals surface area (Å²) in [5.74, 6) is 0. The molecule has 324 valence electrons. The van der Waals surface area contributed by atoms with E-state index in [1.54, 1.807) is 18.2 Å². The summed E-state index contributed by atoms with van der Waals surface area (Å²) in [4.78, 5) is 4.78. The van der Waals surface area contributed by atoms with Gasteiger partial charge in [0.05, 0.1) is 36.5 Å². The number of ether oxygens (including phenoxy) is 2. The van der Waals surface area contributed by atoms with E-state index in [1.165, 1.54) is 35.4 Å². The maximum absolute atomic E-state index is 13.3. The summed E-state index contributed by atoms with van der Waals surface area (Å²) < 4.78 is 89.3. The molecule has 0 amide bonds. The van der Waals surface area contributed by atoms with Crippen molar-refractivity contribution in [2.24, 2.45) is 0 Å². The lowest BCUT2D eigenvalue weighted by molar-refractivity contribution is -0.137. The van der Waals surface area contributed by atoms with Gasteiger partial charge >= 0.3 is 19.5 Å². The molecule has 0 spiro atoms. The molecule has 2 aliphatic rings. The van der Waals surface area contributed by atoms with Crippen molar-refractivity contribution in [2.75, 3.05) is 39.4 Å². The molecule has 2 saturated heterocycles. The lowest BCUT2D eigenvalue weighted by Gasteiger charge is -2.33. The second-order valence-corrected chi connectivity index (χ2v) is 15.8. The van der Waals surface area contributed by atoms with E-state index in [0.717, 1.165) is 79.7 Å². The Balaban J connectivity index is 0.000000168. The van der Waals surface area contributed by atoms with Gasteiger partial charge in [0.1, 0.15) is 0 Å². The van der Waals surface area contributed by atoms with E-state index >= 15 is 0 Å². The third kappa shape index (κ3) is 13.6. The minimum Gasteiger partial charge on any atom is -0.423 e. The Morgan fingerprint density at radius 2 is 0.952 bits per heavy atom. The van der Waals surface area contributed by atoms with E-state index in [2.05, 4.69) is 86.4 Å². The topological polar surface area (TPSA) is 65.4 Å². The van der Waals surface area contributed by atoms with Crippen molar-refractivity contribution in [1.82, 2.24) is 9.80 Å². The number of hydrogen-bond donors (Lipinski definition) is 2. The molecule has 8 rings (SSSR count).